The minimum absolute atomic E-state index is 0.121. The first-order valence-corrected chi connectivity index (χ1v) is 12.6. The maximum absolute atomic E-state index is 12.4. The van der Waals surface area contributed by atoms with Gasteiger partial charge in [0.2, 0.25) is 0 Å². The Morgan fingerprint density at radius 1 is 1.14 bits per heavy atom. The zero-order valence-corrected chi connectivity index (χ0v) is 21.7. The van der Waals surface area contributed by atoms with E-state index < -0.39 is 0 Å². The Hall–Kier alpha value is -3.68. The van der Waals surface area contributed by atoms with E-state index in [-0.39, 0.29) is 18.5 Å². The van der Waals surface area contributed by atoms with Crippen molar-refractivity contribution in [2.24, 2.45) is 5.73 Å². The standard InChI is InChI=1S/C30H34N2O5/c1-4-7-26-15-24-12-21(13-27(30(24)37-26)22-10-11-32-25(14-22)17-31)19-35-28-9-6-5-8-23(28)16-29(33)36-20(2)18-34-3/h5-6,8-15,20H,4,7,16-19,31H2,1-3H3. The molecule has 0 amide bonds. The van der Waals surface area contributed by atoms with Crippen molar-refractivity contribution in [3.8, 4) is 16.9 Å². The fraction of sp³-hybridized carbons (Fsp3) is 0.333. The van der Waals surface area contributed by atoms with E-state index in [4.69, 9.17) is 24.4 Å². The van der Waals surface area contributed by atoms with Crippen molar-refractivity contribution < 1.29 is 23.4 Å². The van der Waals surface area contributed by atoms with Crippen LogP contribution >= 0.6 is 0 Å². The van der Waals surface area contributed by atoms with Crippen molar-refractivity contribution in [2.45, 2.75) is 52.4 Å². The molecule has 0 spiro atoms. The number of aryl methyl sites for hydroxylation is 1. The summed E-state index contributed by atoms with van der Waals surface area (Å²) in [6.45, 7) is 4.99. The van der Waals surface area contributed by atoms with E-state index in [9.17, 15) is 4.79 Å². The highest BCUT2D eigenvalue weighted by atomic mass is 16.6. The van der Waals surface area contributed by atoms with Crippen molar-refractivity contribution in [1.29, 1.82) is 0 Å². The van der Waals surface area contributed by atoms with Crippen LogP contribution in [-0.4, -0.2) is 30.8 Å². The second-order valence-electron chi connectivity index (χ2n) is 9.09. The molecule has 2 heterocycles. The summed E-state index contributed by atoms with van der Waals surface area (Å²) in [5.74, 6) is 1.28. The number of aromatic nitrogens is 1. The van der Waals surface area contributed by atoms with Crippen LogP contribution in [-0.2, 0) is 40.3 Å². The molecule has 0 radical (unpaired) electrons. The number of ether oxygens (including phenoxy) is 3. The molecule has 0 aliphatic heterocycles. The number of nitrogens with two attached hydrogens (primary N) is 1. The van der Waals surface area contributed by atoms with E-state index in [1.165, 1.54) is 0 Å². The van der Waals surface area contributed by atoms with E-state index in [0.717, 1.165) is 57.5 Å². The van der Waals surface area contributed by atoms with E-state index in [2.05, 4.69) is 30.1 Å². The van der Waals surface area contributed by atoms with Crippen LogP contribution in [0.3, 0.4) is 0 Å². The maximum Gasteiger partial charge on any atom is 0.310 e. The summed E-state index contributed by atoms with van der Waals surface area (Å²) in [6.07, 6.45) is 3.45. The highest BCUT2D eigenvalue weighted by Crippen LogP contribution is 2.34. The van der Waals surface area contributed by atoms with E-state index in [0.29, 0.717) is 25.5 Å². The highest BCUT2D eigenvalue weighted by molar-refractivity contribution is 5.93. The lowest BCUT2D eigenvalue weighted by molar-refractivity contribution is -0.149. The molecular weight excluding hydrogens is 468 g/mol. The molecule has 2 aromatic heterocycles. The average molecular weight is 503 g/mol. The van der Waals surface area contributed by atoms with Crippen molar-refractivity contribution in [1.82, 2.24) is 4.98 Å². The Labute approximate surface area is 217 Å². The zero-order valence-electron chi connectivity index (χ0n) is 21.7. The van der Waals surface area contributed by atoms with Crippen LogP contribution < -0.4 is 10.5 Å². The summed E-state index contributed by atoms with van der Waals surface area (Å²) in [4.78, 5) is 16.8. The predicted octanol–water partition coefficient (Wildman–Crippen LogP) is 5.61. The third-order valence-electron chi connectivity index (χ3n) is 6.00. The largest absolute Gasteiger partial charge is 0.489 e. The molecule has 37 heavy (non-hydrogen) atoms. The number of methoxy groups -OCH3 is 1. The Kier molecular flexibility index (Phi) is 8.93. The first-order chi connectivity index (χ1) is 18.0. The molecule has 0 aliphatic carbocycles. The molecule has 0 saturated carbocycles. The molecule has 4 aromatic rings. The number of benzene rings is 2. The Morgan fingerprint density at radius 3 is 2.76 bits per heavy atom. The summed E-state index contributed by atoms with van der Waals surface area (Å²) in [5, 5.41) is 1.02. The number of carbonyl (C=O) groups excluding carboxylic acids is 1. The molecular formula is C30H34N2O5. The number of pyridine rings is 1. The van der Waals surface area contributed by atoms with Gasteiger partial charge in [-0.25, -0.2) is 0 Å². The van der Waals surface area contributed by atoms with Crippen LogP contribution in [0.4, 0.5) is 0 Å². The number of rotatable bonds is 12. The third kappa shape index (κ3) is 6.76. The van der Waals surface area contributed by atoms with Gasteiger partial charge in [-0.1, -0.05) is 25.1 Å². The van der Waals surface area contributed by atoms with Gasteiger partial charge in [0.05, 0.1) is 18.7 Å². The lowest BCUT2D eigenvalue weighted by Gasteiger charge is -2.15. The summed E-state index contributed by atoms with van der Waals surface area (Å²) in [6, 6.07) is 17.8. The summed E-state index contributed by atoms with van der Waals surface area (Å²) in [7, 11) is 1.58. The maximum atomic E-state index is 12.4. The van der Waals surface area contributed by atoms with Crippen LogP contribution in [0, 0.1) is 0 Å². The second-order valence-corrected chi connectivity index (χ2v) is 9.09. The van der Waals surface area contributed by atoms with Gasteiger partial charge in [-0.15, -0.1) is 0 Å². The number of furan rings is 1. The van der Waals surface area contributed by atoms with Crippen LogP contribution in [0.5, 0.6) is 5.75 Å². The quantitative estimate of drug-likeness (QED) is 0.252. The average Bonchev–Trinajstić information content (AvgIpc) is 3.30. The van der Waals surface area contributed by atoms with Crippen LogP contribution in [0.1, 0.15) is 42.8 Å². The van der Waals surface area contributed by atoms with Gasteiger partial charge >= 0.3 is 5.97 Å². The van der Waals surface area contributed by atoms with E-state index >= 15 is 0 Å². The molecule has 0 fully saturated rings. The summed E-state index contributed by atoms with van der Waals surface area (Å²) < 4.78 is 22.9. The van der Waals surface area contributed by atoms with Crippen molar-refractivity contribution in [3.05, 3.63) is 83.4 Å². The fourth-order valence-corrected chi connectivity index (χ4v) is 4.34. The van der Waals surface area contributed by atoms with Gasteiger partial charge in [-0.3, -0.25) is 9.78 Å². The van der Waals surface area contributed by atoms with Crippen molar-refractivity contribution in [3.63, 3.8) is 0 Å². The number of carbonyl (C=O) groups is 1. The molecule has 0 bridgehead atoms. The molecule has 0 aliphatic rings. The minimum atomic E-state index is -0.320. The molecule has 2 N–H and O–H groups in total. The Bertz CT molecular complexity index is 1350. The van der Waals surface area contributed by atoms with Gasteiger partial charge in [0.1, 0.15) is 29.8 Å². The normalized spacial score (nSPS) is 12.0. The molecule has 1 atom stereocenters. The van der Waals surface area contributed by atoms with Gasteiger partial charge < -0.3 is 24.4 Å². The van der Waals surface area contributed by atoms with Gasteiger partial charge in [-0.2, -0.15) is 0 Å². The van der Waals surface area contributed by atoms with Crippen LogP contribution in [0.15, 0.2) is 65.2 Å². The second kappa shape index (κ2) is 12.5. The van der Waals surface area contributed by atoms with Gasteiger partial charge in [0.25, 0.3) is 0 Å². The molecule has 7 heteroatoms. The van der Waals surface area contributed by atoms with Crippen LogP contribution in [0.2, 0.25) is 0 Å². The summed E-state index contributed by atoms with van der Waals surface area (Å²) in [5.41, 5.74) is 11.2. The van der Waals surface area contributed by atoms with Crippen molar-refractivity contribution in [2.75, 3.05) is 13.7 Å². The van der Waals surface area contributed by atoms with Crippen LogP contribution in [0.25, 0.3) is 22.1 Å². The molecule has 1 unspecified atom stereocenters. The first-order valence-electron chi connectivity index (χ1n) is 12.6. The third-order valence-corrected chi connectivity index (χ3v) is 6.00. The number of para-hydroxylation sites is 1. The number of fused-ring (bicyclic) bond motifs is 1. The van der Waals surface area contributed by atoms with Gasteiger partial charge in [0, 0.05) is 42.8 Å². The molecule has 4 rings (SSSR count). The number of nitrogens with zero attached hydrogens (tertiary/aromatic N) is 1. The van der Waals surface area contributed by atoms with E-state index in [1.54, 1.807) is 20.2 Å². The molecule has 194 valence electrons. The SMILES string of the molecule is CCCc1cc2cc(COc3ccccc3CC(=O)OC(C)COC)cc(-c3ccnc(CN)c3)c2o1. The molecule has 2 aromatic carbocycles. The molecule has 7 nitrogen and oxygen atoms in total. The predicted molar refractivity (Wildman–Crippen MR) is 143 cm³/mol. The first kappa shape index (κ1) is 26.4. The minimum Gasteiger partial charge on any atom is -0.489 e. The summed E-state index contributed by atoms with van der Waals surface area (Å²) >= 11 is 0. The Morgan fingerprint density at radius 2 is 1.97 bits per heavy atom. The number of esters is 1. The molecule has 0 saturated heterocycles. The topological polar surface area (TPSA) is 96.8 Å². The lowest BCUT2D eigenvalue weighted by Crippen LogP contribution is -2.21. The Balaban J connectivity index is 1.60. The van der Waals surface area contributed by atoms with Gasteiger partial charge in [-0.05, 0) is 60.9 Å². The lowest BCUT2D eigenvalue weighted by atomic mass is 10.0. The smallest absolute Gasteiger partial charge is 0.310 e. The fourth-order valence-electron chi connectivity index (χ4n) is 4.34. The van der Waals surface area contributed by atoms with Crippen molar-refractivity contribution >= 4 is 16.9 Å². The zero-order chi connectivity index (χ0) is 26.2. The monoisotopic (exact) mass is 502 g/mol. The number of hydrogen-bond acceptors (Lipinski definition) is 7. The number of hydrogen-bond donors (Lipinski definition) is 1. The highest BCUT2D eigenvalue weighted by Gasteiger charge is 2.16. The van der Waals surface area contributed by atoms with E-state index in [1.807, 2.05) is 36.4 Å². The van der Waals surface area contributed by atoms with Gasteiger partial charge in [0.15, 0.2) is 0 Å².